The summed E-state index contributed by atoms with van der Waals surface area (Å²) in [7, 11) is 0. The lowest BCUT2D eigenvalue weighted by Crippen LogP contribution is -3.11. The average molecular weight is 339 g/mol. The number of amides is 1. The van der Waals surface area contributed by atoms with Gasteiger partial charge in [0.2, 0.25) is 5.91 Å². The molecule has 4 nitrogen and oxygen atoms in total. The molecule has 0 fully saturated rings. The van der Waals surface area contributed by atoms with Crippen LogP contribution in [0, 0.1) is 0 Å². The van der Waals surface area contributed by atoms with Crippen molar-refractivity contribution in [3.8, 4) is 11.5 Å². The molecule has 1 heterocycles. The zero-order valence-corrected chi connectivity index (χ0v) is 15.0. The van der Waals surface area contributed by atoms with E-state index in [0.29, 0.717) is 6.54 Å². The predicted molar refractivity (Wildman–Crippen MR) is 99.3 cm³/mol. The summed E-state index contributed by atoms with van der Waals surface area (Å²) < 4.78 is 5.96. The monoisotopic (exact) mass is 339 g/mol. The van der Waals surface area contributed by atoms with E-state index in [2.05, 4.69) is 19.2 Å². The summed E-state index contributed by atoms with van der Waals surface area (Å²) in [4.78, 5) is 14.5. The Morgan fingerprint density at radius 3 is 2.12 bits per heavy atom. The van der Waals surface area contributed by atoms with Gasteiger partial charge in [0.05, 0.1) is 25.6 Å². The Bertz CT molecular complexity index is 680. The maximum atomic E-state index is 12.9. The van der Waals surface area contributed by atoms with Crippen LogP contribution in [0.3, 0.4) is 0 Å². The molecule has 0 radical (unpaired) electrons. The highest BCUT2D eigenvalue weighted by atomic mass is 16.5. The number of benzene rings is 2. The van der Waals surface area contributed by atoms with Crippen molar-refractivity contribution in [1.82, 2.24) is 5.32 Å². The van der Waals surface area contributed by atoms with Gasteiger partial charge in [-0.05, 0) is 26.0 Å². The van der Waals surface area contributed by atoms with Gasteiger partial charge in [0, 0.05) is 24.1 Å². The van der Waals surface area contributed by atoms with Gasteiger partial charge in [0.15, 0.2) is 0 Å². The highest BCUT2D eigenvalue weighted by Crippen LogP contribution is 2.43. The Hall–Kier alpha value is -2.33. The molecule has 0 bridgehead atoms. The van der Waals surface area contributed by atoms with Crippen molar-refractivity contribution < 1.29 is 14.4 Å². The first-order valence-electron chi connectivity index (χ1n) is 9.21. The molecule has 0 aromatic heterocycles. The molecule has 1 aliphatic heterocycles. The summed E-state index contributed by atoms with van der Waals surface area (Å²) in [6.45, 7) is 8.47. The van der Waals surface area contributed by atoms with Crippen LogP contribution in [0.15, 0.2) is 48.5 Å². The molecule has 1 aliphatic rings. The van der Waals surface area contributed by atoms with Crippen LogP contribution in [0.1, 0.15) is 37.3 Å². The number of carbonyl (C=O) groups is 1. The van der Waals surface area contributed by atoms with E-state index in [1.54, 1.807) is 4.90 Å². The van der Waals surface area contributed by atoms with Crippen molar-refractivity contribution in [2.45, 2.75) is 26.2 Å². The Kier molecular flexibility index (Phi) is 5.71. The third-order valence-electron chi connectivity index (χ3n) is 4.95. The zero-order valence-electron chi connectivity index (χ0n) is 15.0. The molecular weight excluding hydrogens is 312 g/mol. The van der Waals surface area contributed by atoms with Crippen molar-refractivity contribution in [1.29, 1.82) is 0 Å². The molecule has 132 valence electrons. The lowest BCUT2D eigenvalue weighted by Gasteiger charge is -2.27. The second-order valence-corrected chi connectivity index (χ2v) is 6.46. The van der Waals surface area contributed by atoms with E-state index >= 15 is 0 Å². The van der Waals surface area contributed by atoms with E-state index in [4.69, 9.17) is 4.74 Å². The van der Waals surface area contributed by atoms with Crippen LogP contribution in [0.5, 0.6) is 11.5 Å². The van der Waals surface area contributed by atoms with Crippen molar-refractivity contribution >= 4 is 5.91 Å². The van der Waals surface area contributed by atoms with Gasteiger partial charge in [-0.2, -0.15) is 0 Å². The van der Waals surface area contributed by atoms with E-state index in [1.807, 2.05) is 48.5 Å². The van der Waals surface area contributed by atoms with Gasteiger partial charge >= 0.3 is 0 Å². The highest BCUT2D eigenvalue weighted by Gasteiger charge is 2.32. The lowest BCUT2D eigenvalue weighted by molar-refractivity contribution is -0.896. The lowest BCUT2D eigenvalue weighted by atomic mass is 9.87. The van der Waals surface area contributed by atoms with Gasteiger partial charge in [-0.1, -0.05) is 36.4 Å². The highest BCUT2D eigenvalue weighted by molar-refractivity contribution is 5.89. The molecule has 0 spiro atoms. The Morgan fingerprint density at radius 1 is 1.00 bits per heavy atom. The number of para-hydroxylation sites is 2. The number of quaternary nitrogens is 1. The summed E-state index contributed by atoms with van der Waals surface area (Å²) in [6.07, 6.45) is 0.995. The van der Waals surface area contributed by atoms with Gasteiger partial charge in [-0.15, -0.1) is 0 Å². The molecule has 0 saturated heterocycles. The second kappa shape index (κ2) is 8.17. The van der Waals surface area contributed by atoms with Crippen LogP contribution in [-0.4, -0.2) is 32.1 Å². The largest absolute Gasteiger partial charge is 0.457 e. The van der Waals surface area contributed by atoms with E-state index < -0.39 is 0 Å². The van der Waals surface area contributed by atoms with Crippen LogP contribution in [0.2, 0.25) is 0 Å². The zero-order chi connectivity index (χ0) is 17.6. The van der Waals surface area contributed by atoms with Crippen LogP contribution in [-0.2, 0) is 4.79 Å². The molecular formula is C21H27N2O2+. The standard InChI is InChI=1S/C21H26N2O2/c1-3-23(4-2)15-9-14-22-21(24)20-16-10-5-7-12-18(16)25-19-13-8-6-11-17(19)20/h5-8,10-13,20H,3-4,9,14-15H2,1-2H3,(H,22,24)/p+1. The van der Waals surface area contributed by atoms with Crippen LogP contribution >= 0.6 is 0 Å². The van der Waals surface area contributed by atoms with Crippen LogP contribution in [0.25, 0.3) is 0 Å². The summed E-state index contributed by atoms with van der Waals surface area (Å²) in [6, 6.07) is 15.6. The minimum absolute atomic E-state index is 0.0535. The van der Waals surface area contributed by atoms with E-state index in [0.717, 1.165) is 48.7 Å². The van der Waals surface area contributed by atoms with Crippen molar-refractivity contribution in [3.05, 3.63) is 59.7 Å². The van der Waals surface area contributed by atoms with E-state index in [-0.39, 0.29) is 11.8 Å². The number of fused-ring (bicyclic) bond motifs is 2. The second-order valence-electron chi connectivity index (χ2n) is 6.46. The fraction of sp³-hybridized carbons (Fsp3) is 0.381. The number of hydrogen-bond donors (Lipinski definition) is 2. The first-order valence-corrected chi connectivity index (χ1v) is 9.21. The quantitative estimate of drug-likeness (QED) is 0.761. The van der Waals surface area contributed by atoms with Gasteiger partial charge in [0.1, 0.15) is 11.5 Å². The van der Waals surface area contributed by atoms with Crippen LogP contribution < -0.4 is 15.0 Å². The predicted octanol–water partition coefficient (Wildman–Crippen LogP) is 2.36. The minimum atomic E-state index is -0.304. The van der Waals surface area contributed by atoms with Gasteiger partial charge in [0.25, 0.3) is 0 Å². The van der Waals surface area contributed by atoms with E-state index in [1.165, 1.54) is 0 Å². The van der Waals surface area contributed by atoms with Gasteiger partial charge in [-0.25, -0.2) is 0 Å². The molecule has 25 heavy (non-hydrogen) atoms. The molecule has 0 atom stereocenters. The van der Waals surface area contributed by atoms with Gasteiger partial charge < -0.3 is 15.0 Å². The maximum absolute atomic E-state index is 12.9. The molecule has 2 aromatic carbocycles. The Morgan fingerprint density at radius 2 is 1.56 bits per heavy atom. The summed E-state index contributed by atoms with van der Waals surface area (Å²) in [5.74, 6) is 1.29. The molecule has 4 heteroatoms. The van der Waals surface area contributed by atoms with Gasteiger partial charge in [-0.3, -0.25) is 4.79 Å². The molecule has 0 unspecified atom stereocenters. The van der Waals surface area contributed by atoms with Crippen molar-refractivity contribution in [2.24, 2.45) is 0 Å². The summed E-state index contributed by atoms with van der Waals surface area (Å²) >= 11 is 0. The first kappa shape index (κ1) is 17.5. The number of carbonyl (C=O) groups excluding carboxylic acids is 1. The number of hydrogen-bond acceptors (Lipinski definition) is 2. The fourth-order valence-corrected chi connectivity index (χ4v) is 3.45. The topological polar surface area (TPSA) is 42.8 Å². The third kappa shape index (κ3) is 3.85. The number of nitrogens with one attached hydrogen (secondary N) is 2. The molecule has 2 aromatic rings. The minimum Gasteiger partial charge on any atom is -0.457 e. The molecule has 2 N–H and O–H groups in total. The summed E-state index contributed by atoms with van der Waals surface area (Å²) in [5.41, 5.74) is 1.88. The smallest absolute Gasteiger partial charge is 0.232 e. The van der Waals surface area contributed by atoms with Crippen molar-refractivity contribution in [3.63, 3.8) is 0 Å². The summed E-state index contributed by atoms with van der Waals surface area (Å²) in [5, 5.41) is 3.13. The number of ether oxygens (including phenoxy) is 1. The number of rotatable bonds is 7. The molecule has 3 rings (SSSR count). The molecule has 0 aliphatic carbocycles. The maximum Gasteiger partial charge on any atom is 0.232 e. The first-order chi connectivity index (χ1) is 12.2. The Balaban J connectivity index is 1.72. The third-order valence-corrected chi connectivity index (χ3v) is 4.95. The van der Waals surface area contributed by atoms with Crippen LogP contribution in [0.4, 0.5) is 0 Å². The normalized spacial score (nSPS) is 13.1. The molecule has 1 amide bonds. The van der Waals surface area contributed by atoms with Crippen molar-refractivity contribution in [2.75, 3.05) is 26.2 Å². The Labute approximate surface area is 149 Å². The molecule has 0 saturated carbocycles. The SMILES string of the molecule is CC[NH+](CC)CCCNC(=O)C1c2ccccc2Oc2ccccc21. The average Bonchev–Trinajstić information content (AvgIpc) is 2.66. The fourth-order valence-electron chi connectivity index (χ4n) is 3.45. The van der Waals surface area contributed by atoms with E-state index in [9.17, 15) is 4.79 Å².